The number of rotatable bonds is 4. The summed E-state index contributed by atoms with van der Waals surface area (Å²) < 4.78 is 37.7. The third-order valence-corrected chi connectivity index (χ3v) is 4.41. The number of benzene rings is 1. The standard InChI is InChI=1S/C17H20F3NO3/c1-11(12-4-6-14(7-5-12)17(18,19)20)9-15(22)21-8-2-3-13(10-21)16(23)24/h4-7,11,13H,2-3,8-10H2,1H3,(H,23,24)/t11-,13-/m1/s1. The Hall–Kier alpha value is -2.05. The van der Waals surface area contributed by atoms with Gasteiger partial charge >= 0.3 is 12.1 Å². The van der Waals surface area contributed by atoms with Gasteiger partial charge < -0.3 is 10.0 Å². The van der Waals surface area contributed by atoms with E-state index in [-0.39, 0.29) is 24.8 Å². The Kier molecular flexibility index (Phi) is 5.51. The first-order valence-electron chi connectivity index (χ1n) is 7.86. The van der Waals surface area contributed by atoms with Crippen molar-refractivity contribution in [1.82, 2.24) is 4.90 Å². The molecule has 1 saturated heterocycles. The molecule has 1 aromatic rings. The molecule has 1 heterocycles. The number of aliphatic carboxylic acids is 1. The Bertz CT molecular complexity index is 598. The highest BCUT2D eigenvalue weighted by Gasteiger charge is 2.31. The molecule has 0 aliphatic carbocycles. The van der Waals surface area contributed by atoms with Crippen molar-refractivity contribution in [3.8, 4) is 0 Å². The summed E-state index contributed by atoms with van der Waals surface area (Å²) in [7, 11) is 0. The van der Waals surface area contributed by atoms with Crippen molar-refractivity contribution in [3.05, 3.63) is 35.4 Å². The summed E-state index contributed by atoms with van der Waals surface area (Å²) >= 11 is 0. The van der Waals surface area contributed by atoms with Crippen LogP contribution >= 0.6 is 0 Å². The fourth-order valence-corrected chi connectivity index (χ4v) is 2.91. The maximum absolute atomic E-state index is 12.6. The van der Waals surface area contributed by atoms with Gasteiger partial charge in [-0.3, -0.25) is 9.59 Å². The first-order chi connectivity index (χ1) is 11.2. The largest absolute Gasteiger partial charge is 0.481 e. The summed E-state index contributed by atoms with van der Waals surface area (Å²) in [6.07, 6.45) is -3.01. The molecule has 0 bridgehead atoms. The zero-order chi connectivity index (χ0) is 17.9. The van der Waals surface area contributed by atoms with Gasteiger partial charge in [-0.15, -0.1) is 0 Å². The predicted molar refractivity (Wildman–Crippen MR) is 81.4 cm³/mol. The number of amides is 1. The van der Waals surface area contributed by atoms with E-state index in [0.29, 0.717) is 24.9 Å². The molecule has 1 aliphatic rings. The number of hydrogen-bond acceptors (Lipinski definition) is 2. The molecule has 0 saturated carbocycles. The molecule has 132 valence electrons. The highest BCUT2D eigenvalue weighted by molar-refractivity contribution is 5.78. The van der Waals surface area contributed by atoms with E-state index >= 15 is 0 Å². The summed E-state index contributed by atoms with van der Waals surface area (Å²) in [5.41, 5.74) is -0.0618. The van der Waals surface area contributed by atoms with E-state index < -0.39 is 23.6 Å². The van der Waals surface area contributed by atoms with Gasteiger partial charge in [0, 0.05) is 19.5 Å². The van der Waals surface area contributed by atoms with Crippen molar-refractivity contribution >= 4 is 11.9 Å². The van der Waals surface area contributed by atoms with Gasteiger partial charge in [0.1, 0.15) is 0 Å². The van der Waals surface area contributed by atoms with Crippen LogP contribution in [0.2, 0.25) is 0 Å². The smallest absolute Gasteiger partial charge is 0.416 e. The number of likely N-dealkylation sites (tertiary alicyclic amines) is 1. The van der Waals surface area contributed by atoms with Gasteiger partial charge in [-0.1, -0.05) is 19.1 Å². The van der Waals surface area contributed by atoms with Gasteiger partial charge in [0.2, 0.25) is 5.91 Å². The molecule has 0 spiro atoms. The number of carboxylic acid groups (broad SMARTS) is 1. The normalized spacial score (nSPS) is 19.8. The Balaban J connectivity index is 1.97. The van der Waals surface area contributed by atoms with E-state index in [9.17, 15) is 22.8 Å². The molecular formula is C17H20F3NO3. The maximum atomic E-state index is 12.6. The van der Waals surface area contributed by atoms with Gasteiger partial charge in [-0.25, -0.2) is 0 Å². The summed E-state index contributed by atoms with van der Waals surface area (Å²) in [5.74, 6) is -1.83. The number of piperidine rings is 1. The van der Waals surface area contributed by atoms with Crippen LogP contribution in [-0.4, -0.2) is 35.0 Å². The minimum Gasteiger partial charge on any atom is -0.481 e. The van der Waals surface area contributed by atoms with Crippen molar-refractivity contribution in [2.24, 2.45) is 5.92 Å². The molecule has 1 fully saturated rings. The minimum absolute atomic E-state index is 0.150. The highest BCUT2D eigenvalue weighted by atomic mass is 19.4. The number of carbonyl (C=O) groups is 2. The molecule has 1 aromatic carbocycles. The topological polar surface area (TPSA) is 57.6 Å². The zero-order valence-corrected chi connectivity index (χ0v) is 13.3. The molecular weight excluding hydrogens is 323 g/mol. The lowest BCUT2D eigenvalue weighted by atomic mass is 9.94. The predicted octanol–water partition coefficient (Wildman–Crippen LogP) is 3.52. The molecule has 1 amide bonds. The second kappa shape index (κ2) is 7.23. The average molecular weight is 343 g/mol. The van der Waals surface area contributed by atoms with Crippen molar-refractivity contribution in [1.29, 1.82) is 0 Å². The summed E-state index contributed by atoms with van der Waals surface area (Å²) in [6, 6.07) is 4.80. The molecule has 0 unspecified atom stereocenters. The minimum atomic E-state index is -4.38. The Labute approximate surface area is 138 Å². The third-order valence-electron chi connectivity index (χ3n) is 4.41. The van der Waals surface area contributed by atoms with Crippen LogP contribution in [0.1, 0.15) is 43.2 Å². The van der Waals surface area contributed by atoms with Gasteiger partial charge in [0.25, 0.3) is 0 Å². The molecule has 0 aromatic heterocycles. The molecule has 2 rings (SSSR count). The van der Waals surface area contributed by atoms with Gasteiger partial charge in [-0.2, -0.15) is 13.2 Å². The van der Waals surface area contributed by atoms with Crippen LogP contribution in [0.15, 0.2) is 24.3 Å². The Morgan fingerprint density at radius 1 is 1.29 bits per heavy atom. The second-order valence-corrected chi connectivity index (χ2v) is 6.24. The first kappa shape index (κ1) is 18.3. The van der Waals surface area contributed by atoms with Crippen LogP contribution in [0.5, 0.6) is 0 Å². The quantitative estimate of drug-likeness (QED) is 0.910. The van der Waals surface area contributed by atoms with Crippen LogP contribution in [-0.2, 0) is 15.8 Å². The SMILES string of the molecule is C[C@H](CC(=O)N1CCC[C@@H](C(=O)O)C1)c1ccc(C(F)(F)F)cc1. The fourth-order valence-electron chi connectivity index (χ4n) is 2.91. The van der Waals surface area contributed by atoms with Crippen molar-refractivity contribution in [3.63, 3.8) is 0 Å². The molecule has 0 radical (unpaired) electrons. The number of nitrogens with zero attached hydrogens (tertiary/aromatic N) is 1. The summed E-state index contributed by atoms with van der Waals surface area (Å²) in [4.78, 5) is 24.9. The number of halogens is 3. The van der Waals surface area contributed by atoms with Crippen molar-refractivity contribution in [2.75, 3.05) is 13.1 Å². The fraction of sp³-hybridized carbons (Fsp3) is 0.529. The second-order valence-electron chi connectivity index (χ2n) is 6.24. The highest BCUT2D eigenvalue weighted by Crippen LogP contribution is 2.31. The van der Waals surface area contributed by atoms with E-state index in [1.54, 1.807) is 11.8 Å². The lowest BCUT2D eigenvalue weighted by Gasteiger charge is -2.31. The average Bonchev–Trinajstić information content (AvgIpc) is 2.54. The molecule has 1 aliphatic heterocycles. The maximum Gasteiger partial charge on any atom is 0.416 e. The van der Waals surface area contributed by atoms with E-state index in [1.165, 1.54) is 12.1 Å². The molecule has 24 heavy (non-hydrogen) atoms. The van der Waals surface area contributed by atoms with Crippen LogP contribution in [0.3, 0.4) is 0 Å². The Morgan fingerprint density at radius 2 is 1.92 bits per heavy atom. The van der Waals surface area contributed by atoms with Crippen molar-refractivity contribution < 1.29 is 27.9 Å². The molecule has 2 atom stereocenters. The molecule has 4 nitrogen and oxygen atoms in total. The van der Waals surface area contributed by atoms with Crippen LogP contribution in [0.25, 0.3) is 0 Å². The van der Waals surface area contributed by atoms with Gasteiger partial charge in [-0.05, 0) is 36.5 Å². The van der Waals surface area contributed by atoms with Crippen molar-refractivity contribution in [2.45, 2.75) is 38.3 Å². The lowest BCUT2D eigenvalue weighted by molar-refractivity contribution is -0.145. The van der Waals surface area contributed by atoms with E-state index in [2.05, 4.69) is 0 Å². The van der Waals surface area contributed by atoms with E-state index in [0.717, 1.165) is 12.1 Å². The van der Waals surface area contributed by atoms with E-state index in [1.807, 2.05) is 0 Å². The number of hydrogen-bond donors (Lipinski definition) is 1. The van der Waals surface area contributed by atoms with E-state index in [4.69, 9.17) is 5.11 Å². The summed E-state index contributed by atoms with van der Waals surface area (Å²) in [5, 5.41) is 9.06. The molecule has 1 N–H and O–H groups in total. The van der Waals surface area contributed by atoms with Crippen LogP contribution in [0.4, 0.5) is 13.2 Å². The monoisotopic (exact) mass is 343 g/mol. The number of alkyl halides is 3. The van der Waals surface area contributed by atoms with Crippen LogP contribution < -0.4 is 0 Å². The number of carboxylic acids is 1. The third kappa shape index (κ3) is 4.49. The van der Waals surface area contributed by atoms with Gasteiger partial charge in [0.05, 0.1) is 11.5 Å². The zero-order valence-electron chi connectivity index (χ0n) is 13.3. The van der Waals surface area contributed by atoms with Gasteiger partial charge in [0.15, 0.2) is 0 Å². The lowest BCUT2D eigenvalue weighted by Crippen LogP contribution is -2.42. The first-order valence-corrected chi connectivity index (χ1v) is 7.86. The Morgan fingerprint density at radius 3 is 2.46 bits per heavy atom. The summed E-state index contributed by atoms with van der Waals surface area (Å²) in [6.45, 7) is 2.51. The number of carbonyl (C=O) groups excluding carboxylic acids is 1. The van der Waals surface area contributed by atoms with Crippen LogP contribution in [0, 0.1) is 5.92 Å². The molecule has 7 heteroatoms.